The summed E-state index contributed by atoms with van der Waals surface area (Å²) in [5, 5.41) is 0.349. The van der Waals surface area contributed by atoms with Crippen LogP contribution in [0.1, 0.15) is 0 Å². The van der Waals surface area contributed by atoms with Gasteiger partial charge in [0.25, 0.3) is 0 Å². The van der Waals surface area contributed by atoms with Crippen molar-refractivity contribution in [1.29, 1.82) is 0 Å². The average Bonchev–Trinajstić information content (AvgIpc) is 1.80. The van der Waals surface area contributed by atoms with Crippen LogP contribution in [0.25, 0.3) is 0 Å². The van der Waals surface area contributed by atoms with E-state index in [1.54, 1.807) is 0 Å². The third-order valence-corrected chi connectivity index (χ3v) is 1.19. The fraction of sp³-hybridized carbons (Fsp3) is 0.750. The Bertz CT molecular complexity index is 123. The highest BCUT2D eigenvalue weighted by Gasteiger charge is 2.36. The van der Waals surface area contributed by atoms with Crippen molar-refractivity contribution in [2.75, 3.05) is 11.9 Å². The van der Waals surface area contributed by atoms with Crippen LogP contribution in [0.15, 0.2) is 0 Å². The minimum atomic E-state index is -3.56. The molecule has 0 rings (SSSR count). The van der Waals surface area contributed by atoms with E-state index in [1.165, 1.54) is 0 Å². The fourth-order valence-electron chi connectivity index (χ4n) is 0.213. The summed E-state index contributed by atoms with van der Waals surface area (Å²) in [7, 11) is 0. The van der Waals surface area contributed by atoms with Crippen LogP contribution >= 0.6 is 31.9 Å². The van der Waals surface area contributed by atoms with E-state index in [2.05, 4.69) is 20.7 Å². The molecule has 0 fully saturated rings. The number of carbonyl (C=O) groups is 1. The molecule has 0 radical (unpaired) electrons. The topological polar surface area (TPSA) is 26.3 Å². The predicted octanol–water partition coefficient (Wildman–Crippen LogP) is 1.91. The number of halogens is 4. The molecule has 0 aromatic heterocycles. The monoisotopic (exact) mass is 280 g/mol. The highest BCUT2D eigenvalue weighted by molar-refractivity contribution is 9.10. The van der Waals surface area contributed by atoms with Crippen LogP contribution in [0, 0.1) is 0 Å². The van der Waals surface area contributed by atoms with Gasteiger partial charge in [0.2, 0.25) is 0 Å². The molecule has 0 aromatic carbocycles. The second kappa shape index (κ2) is 4.23. The summed E-state index contributed by atoms with van der Waals surface area (Å²) in [5.41, 5.74) is 0. The fourth-order valence-corrected chi connectivity index (χ4v) is 0.489. The molecule has 0 unspecified atom stereocenters. The molecule has 0 bridgehead atoms. The van der Waals surface area contributed by atoms with Crippen molar-refractivity contribution < 1.29 is 18.3 Å². The van der Waals surface area contributed by atoms with E-state index in [9.17, 15) is 13.6 Å². The Hall–Kier alpha value is 0.290. The van der Waals surface area contributed by atoms with E-state index in [4.69, 9.17) is 0 Å². The molecule has 0 aromatic rings. The number of carbonyl (C=O) groups excluding carboxylic acids is 1. The Morgan fingerprint density at radius 3 is 2.40 bits per heavy atom. The predicted molar refractivity (Wildman–Crippen MR) is 38.6 cm³/mol. The van der Waals surface area contributed by atoms with Gasteiger partial charge in [-0.15, -0.1) is 0 Å². The Morgan fingerprint density at radius 1 is 1.60 bits per heavy atom. The molecule has 0 saturated heterocycles. The number of rotatable bonds is 3. The molecule has 2 nitrogen and oxygen atoms in total. The third-order valence-electron chi connectivity index (χ3n) is 0.542. The first-order valence-corrected chi connectivity index (χ1v) is 4.20. The van der Waals surface area contributed by atoms with Gasteiger partial charge in [0, 0.05) is 21.3 Å². The molecule has 0 N–H and O–H groups in total. The quantitative estimate of drug-likeness (QED) is 0.584. The lowest BCUT2D eigenvalue weighted by molar-refractivity contribution is -0.158. The van der Waals surface area contributed by atoms with E-state index in [0.29, 0.717) is 5.33 Å². The van der Waals surface area contributed by atoms with E-state index in [-0.39, 0.29) is 6.61 Å². The molecule has 0 atom stereocenters. The summed E-state index contributed by atoms with van der Waals surface area (Å²) >= 11 is 4.76. The summed E-state index contributed by atoms with van der Waals surface area (Å²) in [5.74, 6) is -1.56. The molecule has 0 amide bonds. The first kappa shape index (κ1) is 10.3. The maximum absolute atomic E-state index is 11.9. The van der Waals surface area contributed by atoms with Gasteiger partial charge in [-0.25, -0.2) is 4.79 Å². The maximum atomic E-state index is 11.9. The average molecular weight is 282 g/mol. The largest absolute Gasteiger partial charge is 0.460 e. The second-order valence-corrected chi connectivity index (χ2v) is 3.11. The number of ether oxygens (including phenoxy) is 1. The molecule has 10 heavy (non-hydrogen) atoms. The normalized spacial score (nSPS) is 11.2. The summed E-state index contributed by atoms with van der Waals surface area (Å²) < 4.78 is 27.8. The molecule has 0 spiro atoms. The summed E-state index contributed by atoms with van der Waals surface area (Å²) in [6.45, 7) is -0.0555. The Balaban J connectivity index is 3.64. The number of alkyl halides is 4. The van der Waals surface area contributed by atoms with Gasteiger partial charge in [0.05, 0.1) is 0 Å². The van der Waals surface area contributed by atoms with E-state index in [0.717, 1.165) is 0 Å². The zero-order valence-electron chi connectivity index (χ0n) is 4.74. The molecular formula is C4H4Br2F2O2. The van der Waals surface area contributed by atoms with Crippen LogP contribution in [0.3, 0.4) is 0 Å². The molecule has 0 aliphatic heterocycles. The number of hydrogen-bond acceptors (Lipinski definition) is 2. The van der Waals surface area contributed by atoms with Gasteiger partial charge >= 0.3 is 10.8 Å². The number of hydrogen-bond donors (Lipinski definition) is 0. The summed E-state index contributed by atoms with van der Waals surface area (Å²) in [4.78, 5) is 6.62. The van der Waals surface area contributed by atoms with Crippen LogP contribution in [0.2, 0.25) is 0 Å². The van der Waals surface area contributed by atoms with Crippen LogP contribution in [0.5, 0.6) is 0 Å². The highest BCUT2D eigenvalue weighted by Crippen LogP contribution is 2.22. The van der Waals surface area contributed by atoms with Gasteiger partial charge in [-0.2, -0.15) is 8.78 Å². The third kappa shape index (κ3) is 4.16. The van der Waals surface area contributed by atoms with Gasteiger partial charge in [0.15, 0.2) is 0 Å². The zero-order chi connectivity index (χ0) is 8.20. The molecule has 0 heterocycles. The molecular weight excluding hydrogens is 278 g/mol. The van der Waals surface area contributed by atoms with E-state index < -0.39 is 10.8 Å². The maximum Gasteiger partial charge on any atom is 0.395 e. The molecule has 0 aliphatic rings. The first-order chi connectivity index (χ1) is 4.48. The molecule has 0 saturated carbocycles. The van der Waals surface area contributed by atoms with Crippen molar-refractivity contribution in [3.05, 3.63) is 0 Å². The van der Waals surface area contributed by atoms with E-state index >= 15 is 0 Å². The Labute approximate surface area is 73.2 Å². The summed E-state index contributed by atoms with van der Waals surface area (Å²) in [6, 6.07) is 0. The molecule has 6 heteroatoms. The van der Waals surface area contributed by atoms with Crippen LogP contribution < -0.4 is 0 Å². The molecule has 0 aliphatic carbocycles. The van der Waals surface area contributed by atoms with Crippen molar-refractivity contribution in [3.8, 4) is 0 Å². The van der Waals surface area contributed by atoms with Gasteiger partial charge in [-0.3, -0.25) is 0 Å². The van der Waals surface area contributed by atoms with Crippen molar-refractivity contribution in [2.24, 2.45) is 0 Å². The lowest BCUT2D eigenvalue weighted by Gasteiger charge is -2.06. The summed E-state index contributed by atoms with van der Waals surface area (Å²) in [6.07, 6.45) is 0. The SMILES string of the molecule is O=C(OCCBr)C(F)(F)Br. The van der Waals surface area contributed by atoms with Gasteiger partial charge in [-0.05, 0) is 0 Å². The smallest absolute Gasteiger partial charge is 0.395 e. The van der Waals surface area contributed by atoms with Gasteiger partial charge < -0.3 is 4.74 Å². The van der Waals surface area contributed by atoms with Gasteiger partial charge in [0.1, 0.15) is 6.61 Å². The lowest BCUT2D eigenvalue weighted by atomic mass is 10.7. The van der Waals surface area contributed by atoms with Crippen LogP contribution in [0.4, 0.5) is 8.78 Å². The lowest BCUT2D eigenvalue weighted by Crippen LogP contribution is -2.24. The highest BCUT2D eigenvalue weighted by atomic mass is 79.9. The van der Waals surface area contributed by atoms with Crippen molar-refractivity contribution >= 4 is 37.8 Å². The van der Waals surface area contributed by atoms with Crippen molar-refractivity contribution in [3.63, 3.8) is 0 Å². The number of esters is 1. The standard InChI is InChI=1S/C4H4Br2F2O2/c5-1-2-10-3(9)4(6,7)8/h1-2H2. The molecule has 60 valence electrons. The van der Waals surface area contributed by atoms with Gasteiger partial charge in [-0.1, -0.05) is 15.9 Å². The van der Waals surface area contributed by atoms with Crippen LogP contribution in [-0.2, 0) is 9.53 Å². The van der Waals surface area contributed by atoms with E-state index in [1.807, 2.05) is 15.9 Å². The first-order valence-electron chi connectivity index (χ1n) is 2.28. The van der Waals surface area contributed by atoms with Crippen molar-refractivity contribution in [2.45, 2.75) is 4.83 Å². The minimum Gasteiger partial charge on any atom is -0.460 e. The van der Waals surface area contributed by atoms with Crippen molar-refractivity contribution in [1.82, 2.24) is 0 Å². The Morgan fingerprint density at radius 2 is 2.10 bits per heavy atom. The second-order valence-electron chi connectivity index (χ2n) is 1.32. The zero-order valence-corrected chi connectivity index (χ0v) is 7.91. The van der Waals surface area contributed by atoms with Crippen LogP contribution in [-0.4, -0.2) is 22.7 Å². The minimum absolute atomic E-state index is 0.0555. The Kier molecular flexibility index (Phi) is 4.35.